The molecule has 0 heterocycles. The molecule has 1 N–H and O–H groups in total. The number of rotatable bonds is 6. The van der Waals surface area contributed by atoms with Crippen LogP contribution in [0.15, 0.2) is 24.3 Å². The molecule has 0 aromatic heterocycles. The summed E-state index contributed by atoms with van der Waals surface area (Å²) < 4.78 is 0. The Morgan fingerprint density at radius 2 is 1.95 bits per heavy atom. The Hall–Kier alpha value is -1.62. The van der Waals surface area contributed by atoms with Gasteiger partial charge in [-0.15, -0.1) is 0 Å². The predicted octanol–water partition coefficient (Wildman–Crippen LogP) is 3.13. The lowest BCUT2D eigenvalue weighted by molar-refractivity contribution is -0.384. The molecule has 1 aromatic rings. The highest BCUT2D eigenvalue weighted by molar-refractivity contribution is 5.61. The maximum atomic E-state index is 11.0. The van der Waals surface area contributed by atoms with Crippen LogP contribution in [0.5, 0.6) is 0 Å². The van der Waals surface area contributed by atoms with E-state index in [2.05, 4.69) is 24.3 Å². The van der Waals surface area contributed by atoms with E-state index < -0.39 is 0 Å². The van der Waals surface area contributed by atoms with Crippen LogP contribution in [0.25, 0.3) is 0 Å². The number of para-hydroxylation sites is 2. The molecule has 1 aromatic carbocycles. The second kappa shape index (κ2) is 6.22. The second-order valence-electron chi connectivity index (χ2n) is 6.07. The summed E-state index contributed by atoms with van der Waals surface area (Å²) >= 11 is 0. The summed E-state index contributed by atoms with van der Waals surface area (Å²) in [6, 6.07) is 6.88. The van der Waals surface area contributed by atoms with E-state index in [1.54, 1.807) is 18.2 Å². The van der Waals surface area contributed by atoms with Gasteiger partial charge in [-0.1, -0.05) is 25.0 Å². The maximum Gasteiger partial charge on any atom is 0.292 e. The molecular weight excluding hydrogens is 254 g/mol. The summed E-state index contributed by atoms with van der Waals surface area (Å²) in [5, 5.41) is 14.3. The van der Waals surface area contributed by atoms with Gasteiger partial charge in [0, 0.05) is 24.6 Å². The third-order valence-corrected chi connectivity index (χ3v) is 4.07. The fraction of sp³-hybridized carbons (Fsp3) is 0.600. The number of nitrogens with zero attached hydrogens (tertiary/aromatic N) is 2. The van der Waals surface area contributed by atoms with Gasteiger partial charge < -0.3 is 10.2 Å². The van der Waals surface area contributed by atoms with Crippen LogP contribution in [0.1, 0.15) is 25.7 Å². The smallest absolute Gasteiger partial charge is 0.292 e. The fourth-order valence-electron chi connectivity index (χ4n) is 3.25. The van der Waals surface area contributed by atoms with E-state index in [0.29, 0.717) is 5.69 Å². The normalized spacial score (nSPS) is 17.4. The van der Waals surface area contributed by atoms with Crippen LogP contribution >= 0.6 is 0 Å². The monoisotopic (exact) mass is 277 g/mol. The van der Waals surface area contributed by atoms with E-state index in [0.717, 1.165) is 13.1 Å². The third kappa shape index (κ3) is 3.48. The Balaban J connectivity index is 2.08. The minimum Gasteiger partial charge on any atom is -0.379 e. The van der Waals surface area contributed by atoms with Gasteiger partial charge in [-0.05, 0) is 33.0 Å². The molecule has 0 spiro atoms. The minimum absolute atomic E-state index is 0.158. The molecule has 0 bridgehead atoms. The molecule has 0 atom stereocenters. The molecule has 2 rings (SSSR count). The van der Waals surface area contributed by atoms with Crippen LogP contribution in [0.2, 0.25) is 0 Å². The number of anilines is 1. The standard InChI is InChI=1S/C15H23N3O2/c1-17(2)12-15(9-5-6-10-15)11-16-13-7-3-4-8-14(13)18(19)20/h3-4,7-8,16H,5-6,9-12H2,1-2H3. The molecule has 0 aliphatic heterocycles. The summed E-state index contributed by atoms with van der Waals surface area (Å²) in [6.45, 7) is 1.83. The number of benzene rings is 1. The SMILES string of the molecule is CN(C)CC1(CNc2ccccc2[N+](=O)[O-])CCCC1. The van der Waals surface area contributed by atoms with E-state index in [-0.39, 0.29) is 16.0 Å². The summed E-state index contributed by atoms with van der Waals surface area (Å²) in [7, 11) is 4.18. The van der Waals surface area contributed by atoms with Gasteiger partial charge in [0.1, 0.15) is 5.69 Å². The van der Waals surface area contributed by atoms with Crippen molar-refractivity contribution < 1.29 is 4.92 Å². The van der Waals surface area contributed by atoms with Crippen molar-refractivity contribution in [1.82, 2.24) is 4.90 Å². The zero-order valence-corrected chi connectivity index (χ0v) is 12.3. The minimum atomic E-state index is -0.324. The molecule has 1 fully saturated rings. The average molecular weight is 277 g/mol. The molecule has 0 radical (unpaired) electrons. The lowest BCUT2D eigenvalue weighted by Gasteiger charge is -2.32. The van der Waals surface area contributed by atoms with E-state index in [1.165, 1.54) is 25.7 Å². The molecule has 20 heavy (non-hydrogen) atoms. The zero-order chi connectivity index (χ0) is 14.6. The Labute approximate surface area is 120 Å². The fourth-order valence-corrected chi connectivity index (χ4v) is 3.25. The second-order valence-corrected chi connectivity index (χ2v) is 6.07. The van der Waals surface area contributed by atoms with Crippen molar-refractivity contribution in [2.24, 2.45) is 5.41 Å². The van der Waals surface area contributed by atoms with Crippen LogP contribution < -0.4 is 5.32 Å². The van der Waals surface area contributed by atoms with E-state index in [1.807, 2.05) is 6.07 Å². The van der Waals surface area contributed by atoms with Crippen molar-refractivity contribution in [1.29, 1.82) is 0 Å². The molecule has 0 amide bonds. The predicted molar refractivity (Wildman–Crippen MR) is 81.0 cm³/mol. The first-order valence-electron chi connectivity index (χ1n) is 7.14. The number of nitro groups is 1. The Morgan fingerprint density at radius 1 is 1.30 bits per heavy atom. The first-order valence-corrected chi connectivity index (χ1v) is 7.14. The van der Waals surface area contributed by atoms with Crippen molar-refractivity contribution in [2.75, 3.05) is 32.5 Å². The first-order chi connectivity index (χ1) is 9.52. The Kier molecular flexibility index (Phi) is 4.60. The van der Waals surface area contributed by atoms with Crippen molar-refractivity contribution in [3.8, 4) is 0 Å². The van der Waals surface area contributed by atoms with Crippen molar-refractivity contribution in [3.63, 3.8) is 0 Å². The van der Waals surface area contributed by atoms with Crippen LogP contribution in [-0.2, 0) is 0 Å². The van der Waals surface area contributed by atoms with Crippen LogP contribution in [-0.4, -0.2) is 37.0 Å². The highest BCUT2D eigenvalue weighted by Crippen LogP contribution is 2.39. The van der Waals surface area contributed by atoms with E-state index in [9.17, 15) is 10.1 Å². The highest BCUT2D eigenvalue weighted by atomic mass is 16.6. The topological polar surface area (TPSA) is 58.4 Å². The summed E-state index contributed by atoms with van der Waals surface area (Å²) in [4.78, 5) is 12.9. The third-order valence-electron chi connectivity index (χ3n) is 4.07. The number of nitro benzene ring substituents is 1. The van der Waals surface area contributed by atoms with Gasteiger partial charge in [-0.3, -0.25) is 10.1 Å². The first kappa shape index (κ1) is 14.8. The molecular formula is C15H23N3O2. The molecule has 1 saturated carbocycles. The summed E-state index contributed by atoms with van der Waals surface area (Å²) in [5.74, 6) is 0. The lowest BCUT2D eigenvalue weighted by Crippen LogP contribution is -2.37. The molecule has 5 nitrogen and oxygen atoms in total. The molecule has 110 valence electrons. The Bertz CT molecular complexity index is 468. The van der Waals surface area contributed by atoms with Gasteiger partial charge in [-0.25, -0.2) is 0 Å². The van der Waals surface area contributed by atoms with Crippen molar-refractivity contribution in [3.05, 3.63) is 34.4 Å². The quantitative estimate of drug-likeness (QED) is 0.641. The number of hydrogen-bond acceptors (Lipinski definition) is 4. The average Bonchev–Trinajstić information content (AvgIpc) is 2.84. The summed E-state index contributed by atoms with van der Waals surface area (Å²) in [6.07, 6.45) is 4.90. The Morgan fingerprint density at radius 3 is 2.55 bits per heavy atom. The van der Waals surface area contributed by atoms with Gasteiger partial charge in [0.05, 0.1) is 4.92 Å². The van der Waals surface area contributed by atoms with Crippen LogP contribution in [0.3, 0.4) is 0 Å². The molecule has 5 heteroatoms. The zero-order valence-electron chi connectivity index (χ0n) is 12.3. The van der Waals surface area contributed by atoms with E-state index >= 15 is 0 Å². The van der Waals surface area contributed by atoms with Crippen molar-refractivity contribution in [2.45, 2.75) is 25.7 Å². The molecule has 1 aliphatic carbocycles. The highest BCUT2D eigenvalue weighted by Gasteiger charge is 2.34. The van der Waals surface area contributed by atoms with Gasteiger partial charge in [0.15, 0.2) is 0 Å². The van der Waals surface area contributed by atoms with Crippen LogP contribution in [0.4, 0.5) is 11.4 Å². The van der Waals surface area contributed by atoms with Gasteiger partial charge >= 0.3 is 0 Å². The maximum absolute atomic E-state index is 11.0. The van der Waals surface area contributed by atoms with Crippen molar-refractivity contribution >= 4 is 11.4 Å². The molecule has 1 aliphatic rings. The molecule has 0 unspecified atom stereocenters. The largest absolute Gasteiger partial charge is 0.379 e. The summed E-state index contributed by atoms with van der Waals surface area (Å²) in [5.41, 5.74) is 1.03. The van der Waals surface area contributed by atoms with Gasteiger partial charge in [0.25, 0.3) is 5.69 Å². The molecule has 0 saturated heterocycles. The number of hydrogen-bond donors (Lipinski definition) is 1. The lowest BCUT2D eigenvalue weighted by atomic mass is 9.85. The van der Waals surface area contributed by atoms with Gasteiger partial charge in [0.2, 0.25) is 0 Å². The number of nitrogens with one attached hydrogen (secondary N) is 1. The van der Waals surface area contributed by atoms with Gasteiger partial charge in [-0.2, -0.15) is 0 Å². The van der Waals surface area contributed by atoms with Crippen LogP contribution in [0, 0.1) is 15.5 Å². The van der Waals surface area contributed by atoms with E-state index in [4.69, 9.17) is 0 Å².